The van der Waals surface area contributed by atoms with E-state index in [2.05, 4.69) is 5.32 Å². The van der Waals surface area contributed by atoms with Crippen molar-refractivity contribution in [3.8, 4) is 0 Å². The maximum Gasteiger partial charge on any atom is 0.224 e. The Morgan fingerprint density at radius 2 is 1.88 bits per heavy atom. The van der Waals surface area contributed by atoms with E-state index in [-0.39, 0.29) is 30.4 Å². The highest BCUT2D eigenvalue weighted by Crippen LogP contribution is 2.25. The number of piperidine rings is 1. The number of aliphatic hydroxyl groups is 1. The Morgan fingerprint density at radius 1 is 1.29 bits per heavy atom. The van der Waals surface area contributed by atoms with Gasteiger partial charge >= 0.3 is 0 Å². The molecule has 5 nitrogen and oxygen atoms in total. The molecule has 7 heteroatoms. The van der Waals surface area contributed by atoms with Crippen LogP contribution < -0.4 is 5.32 Å². The van der Waals surface area contributed by atoms with Crippen LogP contribution in [0, 0.1) is 17.6 Å². The first-order valence-corrected chi connectivity index (χ1v) is 8.02. The molecule has 1 unspecified atom stereocenters. The summed E-state index contributed by atoms with van der Waals surface area (Å²) >= 11 is 0. The Hall–Kier alpha value is -2.02. The average Bonchev–Trinajstić information content (AvgIpc) is 2.54. The minimum absolute atomic E-state index is 0.0942. The Kier molecular flexibility index (Phi) is 6.25. The summed E-state index contributed by atoms with van der Waals surface area (Å²) in [7, 11) is 0. The topological polar surface area (TPSA) is 69.6 Å². The summed E-state index contributed by atoms with van der Waals surface area (Å²) in [5.41, 5.74) is -0.300. The second-order valence-corrected chi connectivity index (χ2v) is 6.10. The maximum absolute atomic E-state index is 14.0. The number of nitrogens with one attached hydrogen (secondary N) is 1. The van der Waals surface area contributed by atoms with Crippen molar-refractivity contribution in [2.75, 3.05) is 19.7 Å². The summed E-state index contributed by atoms with van der Waals surface area (Å²) in [4.78, 5) is 25.4. The predicted molar refractivity (Wildman–Crippen MR) is 83.9 cm³/mol. The number of carbonyl (C=O) groups is 2. The highest BCUT2D eigenvalue weighted by molar-refractivity contribution is 5.79. The number of halogens is 2. The van der Waals surface area contributed by atoms with E-state index in [9.17, 15) is 18.4 Å². The molecule has 24 heavy (non-hydrogen) atoms. The van der Waals surface area contributed by atoms with Gasteiger partial charge in [0.2, 0.25) is 11.8 Å². The summed E-state index contributed by atoms with van der Waals surface area (Å²) in [5, 5.41) is 11.6. The number of hydrogen-bond donors (Lipinski definition) is 2. The van der Waals surface area contributed by atoms with Gasteiger partial charge in [-0.1, -0.05) is 6.07 Å². The quantitative estimate of drug-likeness (QED) is 0.858. The lowest BCUT2D eigenvalue weighted by Crippen LogP contribution is -2.41. The molecule has 2 rings (SSSR count). The standard InChI is InChI=1S/C17H22F2N2O3/c1-11(23)20-15(17-13(18)3-2-4-14(17)19)9-16(24)21-7-5-12(10-22)6-8-21/h2-4,12,15,22H,5-10H2,1H3,(H,20,23). The minimum Gasteiger partial charge on any atom is -0.396 e. The van der Waals surface area contributed by atoms with Crippen molar-refractivity contribution in [1.29, 1.82) is 0 Å². The number of nitrogens with zero attached hydrogens (tertiary/aromatic N) is 1. The van der Waals surface area contributed by atoms with Gasteiger partial charge in [0.25, 0.3) is 0 Å². The molecule has 1 atom stereocenters. The van der Waals surface area contributed by atoms with Gasteiger partial charge in [-0.25, -0.2) is 8.78 Å². The van der Waals surface area contributed by atoms with Crippen molar-refractivity contribution < 1.29 is 23.5 Å². The number of aliphatic hydroxyl groups excluding tert-OH is 1. The van der Waals surface area contributed by atoms with Crippen molar-refractivity contribution in [3.05, 3.63) is 35.4 Å². The molecule has 1 aromatic carbocycles. The number of carbonyl (C=O) groups excluding carboxylic acids is 2. The monoisotopic (exact) mass is 340 g/mol. The molecule has 1 saturated heterocycles. The highest BCUT2D eigenvalue weighted by Gasteiger charge is 2.28. The van der Waals surface area contributed by atoms with E-state index in [4.69, 9.17) is 5.11 Å². The van der Waals surface area contributed by atoms with E-state index in [1.807, 2.05) is 0 Å². The molecule has 0 aromatic heterocycles. The molecule has 1 fully saturated rings. The van der Waals surface area contributed by atoms with E-state index < -0.39 is 23.6 Å². The summed E-state index contributed by atoms with van der Waals surface area (Å²) < 4.78 is 28.0. The van der Waals surface area contributed by atoms with Gasteiger partial charge in [0.1, 0.15) is 11.6 Å². The normalized spacial score (nSPS) is 16.8. The first-order chi connectivity index (χ1) is 11.4. The molecule has 0 spiro atoms. The summed E-state index contributed by atoms with van der Waals surface area (Å²) in [6.45, 7) is 2.33. The number of rotatable bonds is 5. The third kappa shape index (κ3) is 4.50. The summed E-state index contributed by atoms with van der Waals surface area (Å²) in [5.74, 6) is -2.13. The van der Waals surface area contributed by atoms with Crippen LogP contribution >= 0.6 is 0 Å². The van der Waals surface area contributed by atoms with Crippen molar-refractivity contribution in [3.63, 3.8) is 0 Å². The van der Waals surface area contributed by atoms with E-state index in [0.29, 0.717) is 25.9 Å². The lowest BCUT2D eigenvalue weighted by atomic mass is 9.96. The van der Waals surface area contributed by atoms with Crippen molar-refractivity contribution >= 4 is 11.8 Å². The van der Waals surface area contributed by atoms with Crippen molar-refractivity contribution in [1.82, 2.24) is 10.2 Å². The fourth-order valence-electron chi connectivity index (χ4n) is 2.98. The van der Waals surface area contributed by atoms with Gasteiger partial charge in [-0.3, -0.25) is 9.59 Å². The third-order valence-electron chi connectivity index (χ3n) is 4.33. The highest BCUT2D eigenvalue weighted by atomic mass is 19.1. The van der Waals surface area contributed by atoms with Gasteiger partial charge < -0.3 is 15.3 Å². The molecule has 1 aliphatic rings. The lowest BCUT2D eigenvalue weighted by molar-refractivity contribution is -0.133. The van der Waals surface area contributed by atoms with Gasteiger partial charge in [-0.05, 0) is 30.9 Å². The zero-order valence-electron chi connectivity index (χ0n) is 13.6. The Morgan fingerprint density at radius 3 is 2.38 bits per heavy atom. The molecule has 1 aliphatic heterocycles. The van der Waals surface area contributed by atoms with Crippen molar-refractivity contribution in [2.45, 2.75) is 32.2 Å². The average molecular weight is 340 g/mol. The largest absolute Gasteiger partial charge is 0.396 e. The van der Waals surface area contributed by atoms with Crippen LogP contribution in [0.4, 0.5) is 8.78 Å². The van der Waals surface area contributed by atoms with Crippen LogP contribution in [0.2, 0.25) is 0 Å². The number of benzene rings is 1. The van der Waals surface area contributed by atoms with Gasteiger partial charge in [-0.15, -0.1) is 0 Å². The van der Waals surface area contributed by atoms with Gasteiger partial charge in [0.15, 0.2) is 0 Å². The maximum atomic E-state index is 14.0. The van der Waals surface area contributed by atoms with Gasteiger partial charge in [0.05, 0.1) is 12.5 Å². The van der Waals surface area contributed by atoms with Gasteiger partial charge in [-0.2, -0.15) is 0 Å². The molecule has 0 saturated carbocycles. The van der Waals surface area contributed by atoms with E-state index in [1.54, 1.807) is 4.90 Å². The fraction of sp³-hybridized carbons (Fsp3) is 0.529. The van der Waals surface area contributed by atoms with Crippen LogP contribution in [0.5, 0.6) is 0 Å². The van der Waals surface area contributed by atoms with Crippen LogP contribution in [0.1, 0.15) is 37.8 Å². The molecule has 2 N–H and O–H groups in total. The SMILES string of the molecule is CC(=O)NC(CC(=O)N1CCC(CO)CC1)c1c(F)cccc1F. The summed E-state index contributed by atoms with van der Waals surface area (Å²) in [6, 6.07) is 2.39. The van der Waals surface area contributed by atoms with E-state index >= 15 is 0 Å². The molecule has 0 aliphatic carbocycles. The molecule has 1 aromatic rings. The summed E-state index contributed by atoms with van der Waals surface area (Å²) in [6.07, 6.45) is 1.18. The van der Waals surface area contributed by atoms with E-state index in [1.165, 1.54) is 13.0 Å². The Labute approximate surface area is 139 Å². The molecule has 2 amide bonds. The number of amides is 2. The fourth-order valence-corrected chi connectivity index (χ4v) is 2.98. The van der Waals surface area contributed by atoms with Crippen LogP contribution in [0.3, 0.4) is 0 Å². The molecular weight excluding hydrogens is 318 g/mol. The second-order valence-electron chi connectivity index (χ2n) is 6.10. The third-order valence-corrected chi connectivity index (χ3v) is 4.33. The van der Waals surface area contributed by atoms with Crippen molar-refractivity contribution in [2.24, 2.45) is 5.92 Å². The van der Waals surface area contributed by atoms with Gasteiger partial charge in [0, 0.05) is 32.2 Å². The second kappa shape index (κ2) is 8.19. The molecular formula is C17H22F2N2O3. The molecule has 0 bridgehead atoms. The predicted octanol–water partition coefficient (Wildman–Crippen LogP) is 1.76. The molecule has 1 heterocycles. The smallest absolute Gasteiger partial charge is 0.224 e. The lowest BCUT2D eigenvalue weighted by Gasteiger charge is -2.32. The van der Waals surface area contributed by atoms with Crippen LogP contribution in [-0.2, 0) is 9.59 Å². The molecule has 132 valence electrons. The van der Waals surface area contributed by atoms with E-state index in [0.717, 1.165) is 12.1 Å². The minimum atomic E-state index is -1.05. The first kappa shape index (κ1) is 18.3. The first-order valence-electron chi connectivity index (χ1n) is 8.02. The zero-order valence-corrected chi connectivity index (χ0v) is 13.6. The number of hydrogen-bond acceptors (Lipinski definition) is 3. The van der Waals surface area contributed by atoms with Crippen LogP contribution in [0.15, 0.2) is 18.2 Å². The van der Waals surface area contributed by atoms with Crippen LogP contribution in [0.25, 0.3) is 0 Å². The zero-order chi connectivity index (χ0) is 17.7. The Bertz CT molecular complexity index is 581. The number of likely N-dealkylation sites (tertiary alicyclic amines) is 1. The molecule has 0 radical (unpaired) electrons. The Balaban J connectivity index is 2.12. The van der Waals surface area contributed by atoms with Crippen LogP contribution in [-0.4, -0.2) is 41.5 Å².